The van der Waals surface area contributed by atoms with Crippen molar-refractivity contribution >= 4 is 22.9 Å². The predicted molar refractivity (Wildman–Crippen MR) is 114 cm³/mol. The lowest BCUT2D eigenvalue weighted by Crippen LogP contribution is -2.29. The summed E-state index contributed by atoms with van der Waals surface area (Å²) in [5.74, 6) is -0.351. The van der Waals surface area contributed by atoms with Gasteiger partial charge in [-0.1, -0.05) is 6.07 Å². The lowest BCUT2D eigenvalue weighted by atomic mass is 10.1. The summed E-state index contributed by atoms with van der Waals surface area (Å²) in [5, 5.41) is 15.8. The molecule has 0 saturated carbocycles. The van der Waals surface area contributed by atoms with Gasteiger partial charge in [0.25, 0.3) is 5.91 Å². The molecule has 0 saturated heterocycles. The second kappa shape index (κ2) is 8.07. The molecule has 0 radical (unpaired) electrons. The zero-order valence-electron chi connectivity index (χ0n) is 16.1. The largest absolute Gasteiger partial charge is 0.340 e. The number of nitrogens with one attached hydrogen (secondary N) is 2. The number of hydrogen-bond acceptors (Lipinski definition) is 6. The van der Waals surface area contributed by atoms with Gasteiger partial charge in [-0.2, -0.15) is 10.2 Å². The van der Waals surface area contributed by atoms with Crippen molar-refractivity contribution in [2.45, 2.75) is 6.04 Å². The summed E-state index contributed by atoms with van der Waals surface area (Å²) in [5.41, 5.74) is 4.48. The van der Waals surface area contributed by atoms with Crippen LogP contribution in [-0.2, 0) is 0 Å². The fraction of sp³-hybridized carbons (Fsp3) is 0.0952. The first-order chi connectivity index (χ1) is 15.2. The molecule has 5 aromatic heterocycles. The van der Waals surface area contributed by atoms with Gasteiger partial charge in [-0.15, -0.1) is 11.3 Å². The summed E-state index contributed by atoms with van der Waals surface area (Å²) in [6.45, 7) is -0.738. The number of amides is 1. The second-order valence-electron chi connectivity index (χ2n) is 6.77. The third kappa shape index (κ3) is 3.68. The van der Waals surface area contributed by atoms with Gasteiger partial charge in [-0.3, -0.25) is 14.9 Å². The van der Waals surface area contributed by atoms with Crippen molar-refractivity contribution in [3.8, 4) is 22.4 Å². The Labute approximate surface area is 179 Å². The minimum atomic E-state index is -0.793. The Bertz CT molecular complexity index is 1330. The molecular weight excluding hydrogens is 417 g/mol. The lowest BCUT2D eigenvalue weighted by Gasteiger charge is -2.13. The molecule has 0 aromatic carbocycles. The molecule has 0 aliphatic heterocycles. The summed E-state index contributed by atoms with van der Waals surface area (Å²) < 4.78 is 15.2. The zero-order chi connectivity index (χ0) is 21.2. The van der Waals surface area contributed by atoms with Gasteiger partial charge in [0, 0.05) is 35.9 Å². The van der Waals surface area contributed by atoms with Crippen LogP contribution in [0.15, 0.2) is 66.7 Å². The van der Waals surface area contributed by atoms with E-state index >= 15 is 0 Å². The van der Waals surface area contributed by atoms with Crippen LogP contribution in [0.4, 0.5) is 4.39 Å². The van der Waals surface area contributed by atoms with Gasteiger partial charge in [0.05, 0.1) is 28.5 Å². The maximum absolute atomic E-state index is 13.5. The Kier molecular flexibility index (Phi) is 4.97. The number of pyridine rings is 1. The number of hydrogen-bond donors (Lipinski definition) is 2. The van der Waals surface area contributed by atoms with Crippen molar-refractivity contribution in [2.75, 3.05) is 6.67 Å². The number of aromatic amines is 1. The van der Waals surface area contributed by atoms with Crippen LogP contribution < -0.4 is 5.32 Å². The average molecular weight is 433 g/mol. The molecule has 8 nitrogen and oxygen atoms in total. The zero-order valence-corrected chi connectivity index (χ0v) is 16.9. The first-order valence-corrected chi connectivity index (χ1v) is 10.3. The third-order valence-corrected chi connectivity index (χ3v) is 5.74. The Hall–Kier alpha value is -3.92. The van der Waals surface area contributed by atoms with Crippen molar-refractivity contribution in [2.24, 2.45) is 0 Å². The van der Waals surface area contributed by atoms with Gasteiger partial charge < -0.3 is 5.32 Å². The number of fused-ring (bicyclic) bond motifs is 1. The molecule has 0 spiro atoms. The fourth-order valence-corrected chi connectivity index (χ4v) is 4.04. The van der Waals surface area contributed by atoms with Crippen molar-refractivity contribution in [3.05, 3.63) is 77.3 Å². The maximum atomic E-state index is 13.5. The normalized spacial score (nSPS) is 12.2. The summed E-state index contributed by atoms with van der Waals surface area (Å²) in [6.07, 6.45) is 8.56. The highest BCUT2D eigenvalue weighted by molar-refractivity contribution is 7.12. The minimum absolute atomic E-state index is 0.351. The van der Waals surface area contributed by atoms with Gasteiger partial charge in [-0.25, -0.2) is 13.9 Å². The van der Waals surface area contributed by atoms with Crippen LogP contribution in [0.3, 0.4) is 0 Å². The summed E-state index contributed by atoms with van der Waals surface area (Å²) >= 11 is 1.28. The van der Waals surface area contributed by atoms with E-state index in [2.05, 4.69) is 30.6 Å². The van der Waals surface area contributed by atoms with Gasteiger partial charge >= 0.3 is 0 Å². The maximum Gasteiger partial charge on any atom is 0.261 e. The topological polar surface area (TPSA) is 101 Å². The Morgan fingerprint density at radius 3 is 2.90 bits per heavy atom. The van der Waals surface area contributed by atoms with E-state index < -0.39 is 12.7 Å². The summed E-state index contributed by atoms with van der Waals surface area (Å²) in [7, 11) is 0. The molecule has 5 aromatic rings. The summed E-state index contributed by atoms with van der Waals surface area (Å²) in [4.78, 5) is 21.8. The molecule has 1 atom stereocenters. The molecule has 5 rings (SSSR count). The van der Waals surface area contributed by atoms with Crippen LogP contribution in [0.2, 0.25) is 0 Å². The number of aromatic nitrogens is 6. The van der Waals surface area contributed by atoms with Crippen LogP contribution in [0.25, 0.3) is 28.0 Å². The Morgan fingerprint density at radius 2 is 2.13 bits per heavy atom. The SMILES string of the molecule is O=C(NC(CF)c1ccccn1)c1cc(-c2cnn3cc(-c4ccn[nH]4)cnc23)cs1. The van der Waals surface area contributed by atoms with Gasteiger partial charge in [0.2, 0.25) is 0 Å². The minimum Gasteiger partial charge on any atom is -0.340 e. The number of thiophene rings is 1. The molecule has 154 valence electrons. The van der Waals surface area contributed by atoms with E-state index in [-0.39, 0.29) is 5.91 Å². The number of carbonyl (C=O) groups excluding carboxylic acids is 1. The number of nitrogens with zero attached hydrogens (tertiary/aromatic N) is 5. The average Bonchev–Trinajstić information content (AvgIpc) is 3.57. The van der Waals surface area contributed by atoms with Crippen LogP contribution in [0.1, 0.15) is 21.4 Å². The quantitative estimate of drug-likeness (QED) is 0.425. The highest BCUT2D eigenvalue weighted by atomic mass is 32.1. The van der Waals surface area contributed by atoms with E-state index in [4.69, 9.17) is 0 Å². The van der Waals surface area contributed by atoms with E-state index in [1.54, 1.807) is 53.6 Å². The number of halogens is 1. The molecule has 10 heteroatoms. The number of alkyl halides is 1. The van der Waals surface area contributed by atoms with Crippen LogP contribution in [0, 0.1) is 0 Å². The first kappa shape index (κ1) is 19.1. The van der Waals surface area contributed by atoms with Gasteiger partial charge in [0.1, 0.15) is 6.67 Å². The predicted octanol–water partition coefficient (Wildman–Crippen LogP) is 3.68. The van der Waals surface area contributed by atoms with Crippen molar-refractivity contribution in [1.82, 2.24) is 35.1 Å². The molecule has 0 aliphatic rings. The van der Waals surface area contributed by atoms with Crippen molar-refractivity contribution in [1.29, 1.82) is 0 Å². The van der Waals surface area contributed by atoms with E-state index in [0.29, 0.717) is 16.2 Å². The van der Waals surface area contributed by atoms with E-state index in [1.165, 1.54) is 11.3 Å². The number of carbonyl (C=O) groups is 1. The second-order valence-corrected chi connectivity index (χ2v) is 7.69. The highest BCUT2D eigenvalue weighted by Gasteiger charge is 2.19. The molecule has 0 aliphatic carbocycles. The van der Waals surface area contributed by atoms with Crippen molar-refractivity contribution in [3.63, 3.8) is 0 Å². The highest BCUT2D eigenvalue weighted by Crippen LogP contribution is 2.29. The van der Waals surface area contributed by atoms with E-state index in [1.807, 2.05) is 17.6 Å². The molecule has 0 fully saturated rings. The molecule has 1 unspecified atom stereocenters. The Morgan fingerprint density at radius 1 is 1.19 bits per heavy atom. The molecule has 31 heavy (non-hydrogen) atoms. The molecule has 2 N–H and O–H groups in total. The molecule has 5 heterocycles. The monoisotopic (exact) mass is 433 g/mol. The van der Waals surface area contributed by atoms with Crippen LogP contribution in [0.5, 0.6) is 0 Å². The molecule has 0 bridgehead atoms. The van der Waals surface area contributed by atoms with Gasteiger partial charge in [0.15, 0.2) is 5.65 Å². The van der Waals surface area contributed by atoms with E-state index in [0.717, 1.165) is 22.4 Å². The Balaban J connectivity index is 1.39. The van der Waals surface area contributed by atoms with E-state index in [9.17, 15) is 9.18 Å². The van der Waals surface area contributed by atoms with Crippen LogP contribution >= 0.6 is 11.3 Å². The number of rotatable bonds is 6. The van der Waals surface area contributed by atoms with Crippen molar-refractivity contribution < 1.29 is 9.18 Å². The molecular formula is C21H16FN7OS. The smallest absolute Gasteiger partial charge is 0.261 e. The third-order valence-electron chi connectivity index (χ3n) is 4.81. The molecule has 1 amide bonds. The summed E-state index contributed by atoms with van der Waals surface area (Å²) in [6, 6.07) is 8.01. The fourth-order valence-electron chi connectivity index (χ4n) is 3.23. The lowest BCUT2D eigenvalue weighted by molar-refractivity contribution is 0.0933. The van der Waals surface area contributed by atoms with Crippen LogP contribution in [-0.4, -0.2) is 42.4 Å². The van der Waals surface area contributed by atoms with Gasteiger partial charge in [-0.05, 0) is 35.2 Å². The standard InChI is InChI=1S/C21H16FN7OS/c22-8-18(17-3-1-2-5-23-17)27-21(30)19-7-13(12-31-19)15-10-26-29-11-14(9-24-20(15)29)16-4-6-25-28-16/h1-7,9-12,18H,8H2,(H,25,28)(H,27,30). The number of H-pyrrole nitrogens is 1. The first-order valence-electron chi connectivity index (χ1n) is 9.42.